The van der Waals surface area contributed by atoms with Crippen LogP contribution in [0.25, 0.3) is 0 Å². The van der Waals surface area contributed by atoms with Crippen molar-refractivity contribution in [3.05, 3.63) is 96.1 Å². The molecule has 4 nitrogen and oxygen atoms in total. The topological polar surface area (TPSA) is 41.6 Å². The summed E-state index contributed by atoms with van der Waals surface area (Å²) < 4.78 is 5.79. The first-order valence-corrected chi connectivity index (χ1v) is 9.95. The summed E-state index contributed by atoms with van der Waals surface area (Å²) in [6.07, 6.45) is 0. The number of nitrogens with zero attached hydrogens (tertiary/aromatic N) is 1. The molecule has 3 aromatic carbocycles. The van der Waals surface area contributed by atoms with Crippen LogP contribution in [0.15, 0.2) is 84.9 Å². The van der Waals surface area contributed by atoms with E-state index in [0.717, 1.165) is 23.5 Å². The number of benzene rings is 3. The summed E-state index contributed by atoms with van der Waals surface area (Å²) in [5, 5.41) is 2.98. The van der Waals surface area contributed by atoms with Crippen molar-refractivity contribution in [1.82, 2.24) is 4.90 Å². The van der Waals surface area contributed by atoms with Crippen LogP contribution in [-0.4, -0.2) is 23.4 Å². The van der Waals surface area contributed by atoms with E-state index in [-0.39, 0.29) is 11.9 Å². The Kier molecular flexibility index (Phi) is 7.42. The van der Waals surface area contributed by atoms with Crippen LogP contribution in [0.3, 0.4) is 0 Å². The van der Waals surface area contributed by atoms with E-state index in [0.29, 0.717) is 13.2 Å². The fraction of sp³-hybridized carbons (Fsp3) is 0.240. The summed E-state index contributed by atoms with van der Waals surface area (Å²) in [6, 6.07) is 28.0. The standard InChI is InChI=1S/C25H28N2O2/c1-20(2)27(17-21-9-5-3-6-10-21)18-25(28)26-23-13-15-24(16-14-23)29-19-22-11-7-4-8-12-22/h3-16,20H,17-19H2,1-2H3,(H,26,28). The molecule has 150 valence electrons. The minimum atomic E-state index is -0.0208. The maximum absolute atomic E-state index is 12.5. The highest BCUT2D eigenvalue weighted by Crippen LogP contribution is 2.17. The number of carbonyl (C=O) groups is 1. The number of amides is 1. The number of nitrogens with one attached hydrogen (secondary N) is 1. The zero-order valence-corrected chi connectivity index (χ0v) is 17.0. The third-order valence-corrected chi connectivity index (χ3v) is 4.69. The summed E-state index contributed by atoms with van der Waals surface area (Å²) in [7, 11) is 0. The molecule has 0 spiro atoms. The summed E-state index contributed by atoms with van der Waals surface area (Å²) >= 11 is 0. The van der Waals surface area contributed by atoms with Crippen LogP contribution in [-0.2, 0) is 17.9 Å². The second-order valence-electron chi connectivity index (χ2n) is 7.33. The molecule has 1 amide bonds. The van der Waals surface area contributed by atoms with Crippen LogP contribution in [0.2, 0.25) is 0 Å². The first kappa shape index (κ1) is 20.6. The van der Waals surface area contributed by atoms with Crippen LogP contribution in [0, 0.1) is 0 Å². The SMILES string of the molecule is CC(C)N(CC(=O)Nc1ccc(OCc2ccccc2)cc1)Cc1ccccc1. The monoisotopic (exact) mass is 388 g/mol. The normalized spacial score (nSPS) is 10.9. The lowest BCUT2D eigenvalue weighted by Crippen LogP contribution is -2.37. The number of hydrogen-bond acceptors (Lipinski definition) is 3. The largest absolute Gasteiger partial charge is 0.489 e. The second-order valence-corrected chi connectivity index (χ2v) is 7.33. The molecule has 29 heavy (non-hydrogen) atoms. The van der Waals surface area contributed by atoms with Crippen LogP contribution >= 0.6 is 0 Å². The summed E-state index contributed by atoms with van der Waals surface area (Å²) in [5.41, 5.74) is 3.09. The van der Waals surface area contributed by atoms with Gasteiger partial charge in [0.05, 0.1) is 6.54 Å². The lowest BCUT2D eigenvalue weighted by Gasteiger charge is -2.26. The van der Waals surface area contributed by atoms with E-state index < -0.39 is 0 Å². The Balaban J connectivity index is 1.51. The van der Waals surface area contributed by atoms with E-state index >= 15 is 0 Å². The van der Waals surface area contributed by atoms with Crippen molar-refractivity contribution in [2.75, 3.05) is 11.9 Å². The Labute approximate surface area is 173 Å². The molecule has 3 aromatic rings. The molecule has 0 heterocycles. The Morgan fingerprint density at radius 2 is 1.45 bits per heavy atom. The number of hydrogen-bond donors (Lipinski definition) is 1. The quantitative estimate of drug-likeness (QED) is 0.553. The van der Waals surface area contributed by atoms with Gasteiger partial charge in [-0.25, -0.2) is 0 Å². The van der Waals surface area contributed by atoms with E-state index in [4.69, 9.17) is 4.74 Å². The number of ether oxygens (including phenoxy) is 1. The van der Waals surface area contributed by atoms with E-state index in [2.05, 4.69) is 36.2 Å². The smallest absolute Gasteiger partial charge is 0.238 e. The molecule has 0 fully saturated rings. The molecule has 0 atom stereocenters. The number of rotatable bonds is 9. The number of carbonyl (C=O) groups excluding carboxylic acids is 1. The van der Waals surface area contributed by atoms with Crippen molar-refractivity contribution in [3.63, 3.8) is 0 Å². The van der Waals surface area contributed by atoms with Crippen molar-refractivity contribution in [3.8, 4) is 5.75 Å². The van der Waals surface area contributed by atoms with Crippen molar-refractivity contribution in [2.24, 2.45) is 0 Å². The zero-order chi connectivity index (χ0) is 20.5. The molecule has 0 saturated heterocycles. The molecule has 0 saturated carbocycles. The van der Waals surface area contributed by atoms with Crippen molar-refractivity contribution < 1.29 is 9.53 Å². The van der Waals surface area contributed by atoms with Gasteiger partial charge < -0.3 is 10.1 Å². The van der Waals surface area contributed by atoms with Crippen molar-refractivity contribution >= 4 is 11.6 Å². The summed E-state index contributed by atoms with van der Waals surface area (Å²) in [6.45, 7) is 5.83. The number of anilines is 1. The van der Waals surface area contributed by atoms with Gasteiger partial charge in [0.2, 0.25) is 5.91 Å². The third kappa shape index (κ3) is 6.77. The molecule has 0 aliphatic heterocycles. The Morgan fingerprint density at radius 3 is 2.03 bits per heavy atom. The predicted molar refractivity (Wildman–Crippen MR) is 118 cm³/mol. The first-order chi connectivity index (χ1) is 14.1. The second kappa shape index (κ2) is 10.4. The molecule has 4 heteroatoms. The van der Waals surface area contributed by atoms with Gasteiger partial charge in [-0.3, -0.25) is 9.69 Å². The average molecular weight is 389 g/mol. The molecule has 1 N–H and O–H groups in total. The zero-order valence-electron chi connectivity index (χ0n) is 17.0. The third-order valence-electron chi connectivity index (χ3n) is 4.69. The molecule has 0 aliphatic carbocycles. The lowest BCUT2D eigenvalue weighted by atomic mass is 10.2. The van der Waals surface area contributed by atoms with Gasteiger partial charge in [-0.1, -0.05) is 60.7 Å². The van der Waals surface area contributed by atoms with Crippen LogP contribution in [0.5, 0.6) is 5.75 Å². The molecule has 3 rings (SSSR count). The maximum Gasteiger partial charge on any atom is 0.238 e. The van der Waals surface area contributed by atoms with Gasteiger partial charge in [0, 0.05) is 18.3 Å². The molecule has 0 radical (unpaired) electrons. The van der Waals surface area contributed by atoms with Gasteiger partial charge in [0.1, 0.15) is 12.4 Å². The molecule has 0 unspecified atom stereocenters. The lowest BCUT2D eigenvalue weighted by molar-refractivity contribution is -0.117. The Morgan fingerprint density at radius 1 is 0.862 bits per heavy atom. The van der Waals surface area contributed by atoms with Gasteiger partial charge >= 0.3 is 0 Å². The highest BCUT2D eigenvalue weighted by molar-refractivity contribution is 5.92. The Hall–Kier alpha value is -3.11. The molecule has 0 aliphatic rings. The molecular formula is C25H28N2O2. The van der Waals surface area contributed by atoms with Gasteiger partial charge in [-0.05, 0) is 49.2 Å². The van der Waals surface area contributed by atoms with Crippen LogP contribution in [0.4, 0.5) is 5.69 Å². The van der Waals surface area contributed by atoms with E-state index in [1.165, 1.54) is 5.56 Å². The minimum Gasteiger partial charge on any atom is -0.489 e. The highest BCUT2D eigenvalue weighted by Gasteiger charge is 2.14. The van der Waals surface area contributed by atoms with Gasteiger partial charge in [-0.15, -0.1) is 0 Å². The minimum absolute atomic E-state index is 0.0208. The fourth-order valence-electron chi connectivity index (χ4n) is 3.00. The van der Waals surface area contributed by atoms with Crippen LogP contribution < -0.4 is 10.1 Å². The van der Waals surface area contributed by atoms with E-state index in [1.807, 2.05) is 72.8 Å². The van der Waals surface area contributed by atoms with Gasteiger partial charge in [0.15, 0.2) is 0 Å². The molecule has 0 aromatic heterocycles. The van der Waals surface area contributed by atoms with Gasteiger partial charge in [0.25, 0.3) is 0 Å². The van der Waals surface area contributed by atoms with E-state index in [1.54, 1.807) is 0 Å². The maximum atomic E-state index is 12.5. The fourth-order valence-corrected chi connectivity index (χ4v) is 3.00. The molecular weight excluding hydrogens is 360 g/mol. The highest BCUT2D eigenvalue weighted by atomic mass is 16.5. The average Bonchev–Trinajstić information content (AvgIpc) is 2.74. The summed E-state index contributed by atoms with van der Waals surface area (Å²) in [5.74, 6) is 0.757. The molecule has 0 bridgehead atoms. The Bertz CT molecular complexity index is 878. The van der Waals surface area contributed by atoms with Gasteiger partial charge in [-0.2, -0.15) is 0 Å². The summed E-state index contributed by atoms with van der Waals surface area (Å²) in [4.78, 5) is 14.7. The van der Waals surface area contributed by atoms with E-state index in [9.17, 15) is 4.79 Å². The van der Waals surface area contributed by atoms with Crippen molar-refractivity contribution in [2.45, 2.75) is 33.0 Å². The van der Waals surface area contributed by atoms with Crippen molar-refractivity contribution in [1.29, 1.82) is 0 Å². The predicted octanol–water partition coefficient (Wildman–Crippen LogP) is 5.11. The first-order valence-electron chi connectivity index (χ1n) is 9.95. The van der Waals surface area contributed by atoms with Crippen LogP contribution in [0.1, 0.15) is 25.0 Å².